The van der Waals surface area contributed by atoms with Crippen LogP contribution in [0, 0.1) is 0 Å². The maximum atomic E-state index is 13.5. The molecule has 0 fully saturated rings. The second-order valence-corrected chi connectivity index (χ2v) is 4.08. The molecule has 17 heavy (non-hydrogen) atoms. The van der Waals surface area contributed by atoms with Gasteiger partial charge in [0.05, 0.1) is 0 Å². The Morgan fingerprint density at radius 1 is 1.24 bits per heavy atom. The summed E-state index contributed by atoms with van der Waals surface area (Å²) in [4.78, 5) is 0. The number of hydrogen-bond donors (Lipinski definition) is 0. The minimum atomic E-state index is -4.29. The third kappa shape index (κ3) is 2.51. The molecule has 0 bridgehead atoms. The zero-order chi connectivity index (χ0) is 13.3. The first-order valence-corrected chi connectivity index (χ1v) is 5.17. The van der Waals surface area contributed by atoms with E-state index >= 15 is 0 Å². The van der Waals surface area contributed by atoms with E-state index in [1.165, 1.54) is 6.08 Å². The predicted molar refractivity (Wildman–Crippen MR) is 60.3 cm³/mol. The highest BCUT2D eigenvalue weighted by atomic mass is 19.3. The summed E-state index contributed by atoms with van der Waals surface area (Å²) in [5, 5.41) is 0. The molecule has 0 aromatic heterocycles. The van der Waals surface area contributed by atoms with Crippen molar-refractivity contribution in [3.63, 3.8) is 0 Å². The summed E-state index contributed by atoms with van der Waals surface area (Å²) >= 11 is 0. The fourth-order valence-corrected chi connectivity index (χ4v) is 1.52. The summed E-state index contributed by atoms with van der Waals surface area (Å²) in [6, 6.07) is 0. The Bertz CT molecular complexity index is 400. The Hall–Kier alpha value is -1.32. The molecule has 1 rings (SSSR count). The van der Waals surface area contributed by atoms with Gasteiger partial charge in [0.2, 0.25) is 0 Å². The van der Waals surface area contributed by atoms with E-state index in [1.54, 1.807) is 6.08 Å². The number of hydrogen-bond acceptors (Lipinski definition) is 0. The lowest BCUT2D eigenvalue weighted by molar-refractivity contribution is -0.152. The lowest BCUT2D eigenvalue weighted by Crippen LogP contribution is -2.40. The summed E-state index contributed by atoms with van der Waals surface area (Å²) in [6.07, 6.45) is 3.92. The van der Waals surface area contributed by atoms with Crippen molar-refractivity contribution < 1.29 is 17.6 Å². The van der Waals surface area contributed by atoms with E-state index in [0.29, 0.717) is 12.8 Å². The van der Waals surface area contributed by atoms with E-state index in [0.717, 1.165) is 5.57 Å². The highest BCUT2D eigenvalue weighted by Crippen LogP contribution is 2.44. The van der Waals surface area contributed by atoms with Crippen LogP contribution in [-0.2, 0) is 0 Å². The topological polar surface area (TPSA) is 0 Å². The summed E-state index contributed by atoms with van der Waals surface area (Å²) in [6.45, 7) is 7.70. The molecule has 1 aliphatic carbocycles. The van der Waals surface area contributed by atoms with Crippen molar-refractivity contribution in [2.45, 2.75) is 31.6 Å². The average Bonchev–Trinajstić information content (AvgIpc) is 2.28. The number of rotatable bonds is 4. The molecule has 0 atom stereocenters. The fraction of sp³-hybridized carbons (Fsp3) is 0.385. The summed E-state index contributed by atoms with van der Waals surface area (Å²) < 4.78 is 53.1. The Balaban J connectivity index is 3.02. The molecule has 0 amide bonds. The van der Waals surface area contributed by atoms with Crippen molar-refractivity contribution in [3.05, 3.63) is 48.1 Å². The maximum absolute atomic E-state index is 13.5. The molecule has 1 aliphatic rings. The van der Waals surface area contributed by atoms with Crippen LogP contribution in [0.2, 0.25) is 0 Å². The van der Waals surface area contributed by atoms with Gasteiger partial charge in [0.15, 0.2) is 0 Å². The Morgan fingerprint density at radius 3 is 2.24 bits per heavy atom. The van der Waals surface area contributed by atoms with E-state index in [9.17, 15) is 17.6 Å². The van der Waals surface area contributed by atoms with Gasteiger partial charge < -0.3 is 0 Å². The molecule has 0 aromatic rings. The number of alkyl halides is 4. The minimum absolute atomic E-state index is 0.0390. The average molecular weight is 246 g/mol. The van der Waals surface area contributed by atoms with Gasteiger partial charge in [-0.05, 0) is 31.4 Å². The van der Waals surface area contributed by atoms with Gasteiger partial charge >= 0.3 is 11.8 Å². The zero-order valence-electron chi connectivity index (χ0n) is 9.57. The smallest absolute Gasteiger partial charge is 0.195 e. The van der Waals surface area contributed by atoms with Crippen molar-refractivity contribution in [3.8, 4) is 0 Å². The molecule has 0 saturated heterocycles. The standard InChI is InChI=1S/C13H14F4/c1-4-12(14,15)13(16,17)10(3)11-7-5-9(2)6-8-11/h4-5,7H,1,3,6,8H2,2H3. The maximum Gasteiger partial charge on any atom is 0.338 e. The lowest BCUT2D eigenvalue weighted by atomic mass is 9.89. The largest absolute Gasteiger partial charge is 0.338 e. The molecule has 0 nitrogen and oxygen atoms in total. The van der Waals surface area contributed by atoms with Crippen LogP contribution in [0.3, 0.4) is 0 Å². The highest BCUT2D eigenvalue weighted by Gasteiger charge is 2.56. The quantitative estimate of drug-likeness (QED) is 0.499. The van der Waals surface area contributed by atoms with Crippen LogP contribution in [0.4, 0.5) is 17.6 Å². The van der Waals surface area contributed by atoms with Crippen molar-refractivity contribution >= 4 is 0 Å². The van der Waals surface area contributed by atoms with E-state index in [1.807, 2.05) is 6.92 Å². The highest BCUT2D eigenvalue weighted by molar-refractivity contribution is 5.41. The second kappa shape index (κ2) is 4.51. The van der Waals surface area contributed by atoms with Gasteiger partial charge in [0, 0.05) is 5.57 Å². The molecule has 94 valence electrons. The summed E-state index contributed by atoms with van der Waals surface area (Å²) in [5.74, 6) is -8.57. The van der Waals surface area contributed by atoms with Gasteiger partial charge in [0.25, 0.3) is 0 Å². The molecule has 0 heterocycles. The van der Waals surface area contributed by atoms with Gasteiger partial charge in [-0.15, -0.1) is 0 Å². The second-order valence-electron chi connectivity index (χ2n) is 4.08. The molecule has 0 unspecified atom stereocenters. The Morgan fingerprint density at radius 2 is 1.82 bits per heavy atom. The van der Waals surface area contributed by atoms with Crippen LogP contribution in [0.25, 0.3) is 0 Å². The van der Waals surface area contributed by atoms with Gasteiger partial charge in [-0.25, -0.2) is 0 Å². The third-order valence-corrected chi connectivity index (χ3v) is 2.80. The van der Waals surface area contributed by atoms with Crippen molar-refractivity contribution in [2.75, 3.05) is 0 Å². The van der Waals surface area contributed by atoms with E-state index in [-0.39, 0.29) is 11.6 Å². The number of allylic oxidation sites excluding steroid dienone is 6. The molecular formula is C13H14F4. The predicted octanol–water partition coefficient (Wildman–Crippen LogP) is 4.67. The SMILES string of the molecule is C=CC(F)(F)C(F)(F)C(=C)C1=CC=C(C)CC1. The Kier molecular flexibility index (Phi) is 3.65. The lowest BCUT2D eigenvalue weighted by Gasteiger charge is -2.27. The van der Waals surface area contributed by atoms with Gasteiger partial charge in [-0.2, -0.15) is 17.6 Å². The van der Waals surface area contributed by atoms with Crippen LogP contribution in [0.15, 0.2) is 48.1 Å². The first-order chi connectivity index (χ1) is 7.72. The van der Waals surface area contributed by atoms with E-state index < -0.39 is 17.4 Å². The van der Waals surface area contributed by atoms with E-state index in [4.69, 9.17) is 0 Å². The van der Waals surface area contributed by atoms with Gasteiger partial charge in [-0.3, -0.25) is 0 Å². The first-order valence-electron chi connectivity index (χ1n) is 5.17. The molecule has 0 spiro atoms. The molecule has 0 radical (unpaired) electrons. The molecular weight excluding hydrogens is 232 g/mol. The monoisotopic (exact) mass is 246 g/mol. The molecule has 0 saturated carbocycles. The molecule has 0 aliphatic heterocycles. The normalized spacial score (nSPS) is 17.2. The van der Waals surface area contributed by atoms with E-state index in [2.05, 4.69) is 13.2 Å². The molecule has 0 N–H and O–H groups in total. The summed E-state index contributed by atoms with van der Waals surface area (Å²) in [5.41, 5.74) is 0.369. The molecule has 0 aromatic carbocycles. The van der Waals surface area contributed by atoms with Gasteiger partial charge in [-0.1, -0.05) is 30.9 Å². The summed E-state index contributed by atoms with van der Waals surface area (Å²) in [7, 11) is 0. The van der Waals surface area contributed by atoms with Gasteiger partial charge in [0.1, 0.15) is 0 Å². The number of halogens is 4. The van der Waals surface area contributed by atoms with Crippen LogP contribution in [-0.4, -0.2) is 11.8 Å². The van der Waals surface area contributed by atoms with Crippen LogP contribution in [0.1, 0.15) is 19.8 Å². The molecule has 4 heteroatoms. The van der Waals surface area contributed by atoms with Crippen LogP contribution in [0.5, 0.6) is 0 Å². The van der Waals surface area contributed by atoms with Crippen molar-refractivity contribution in [1.29, 1.82) is 0 Å². The fourth-order valence-electron chi connectivity index (χ4n) is 1.52. The zero-order valence-corrected chi connectivity index (χ0v) is 9.57. The van der Waals surface area contributed by atoms with Crippen molar-refractivity contribution in [2.24, 2.45) is 0 Å². The third-order valence-electron chi connectivity index (χ3n) is 2.80. The first kappa shape index (κ1) is 13.7. The van der Waals surface area contributed by atoms with Crippen LogP contribution < -0.4 is 0 Å². The minimum Gasteiger partial charge on any atom is -0.195 e. The van der Waals surface area contributed by atoms with Crippen molar-refractivity contribution in [1.82, 2.24) is 0 Å². The van der Waals surface area contributed by atoms with Crippen LogP contribution >= 0.6 is 0 Å². The Labute approximate surface area is 98.0 Å².